The second-order valence-electron chi connectivity index (χ2n) is 7.19. The van der Waals surface area contributed by atoms with Gasteiger partial charge in [-0.25, -0.2) is 4.79 Å². The number of hydrogen-bond donors (Lipinski definition) is 3. The molecule has 0 bridgehead atoms. The molecule has 0 aromatic carbocycles. The zero-order chi connectivity index (χ0) is 22.1. The summed E-state index contributed by atoms with van der Waals surface area (Å²) >= 11 is 0. The van der Waals surface area contributed by atoms with Crippen molar-refractivity contribution in [2.24, 2.45) is 6.98 Å². The SMILES string of the molecule is [2H]C([2H])([2H])n1nccc1C(=O)Nc1cc([C@@H]2C[C@H](NC(=O)OC(C)(C)C)CO2)[nH]n1. The van der Waals surface area contributed by atoms with Gasteiger partial charge in [-0.3, -0.25) is 14.6 Å². The number of aromatic amines is 1. The molecule has 0 radical (unpaired) electrons. The Bertz CT molecular complexity index is 917. The third-order valence-electron chi connectivity index (χ3n) is 3.78. The van der Waals surface area contributed by atoms with Crippen molar-refractivity contribution in [3.8, 4) is 0 Å². The van der Waals surface area contributed by atoms with Crippen LogP contribution >= 0.6 is 0 Å². The van der Waals surface area contributed by atoms with E-state index in [9.17, 15) is 9.59 Å². The number of amides is 2. The van der Waals surface area contributed by atoms with Gasteiger partial charge in [0.2, 0.25) is 0 Å². The Balaban J connectivity index is 1.58. The third-order valence-corrected chi connectivity index (χ3v) is 3.78. The quantitative estimate of drug-likeness (QED) is 0.744. The molecule has 2 amide bonds. The van der Waals surface area contributed by atoms with Crippen molar-refractivity contribution < 1.29 is 23.2 Å². The lowest BCUT2D eigenvalue weighted by Gasteiger charge is -2.21. The molecule has 0 aliphatic carbocycles. The van der Waals surface area contributed by atoms with Crippen molar-refractivity contribution in [1.29, 1.82) is 0 Å². The number of aryl methyl sites for hydroxylation is 1. The highest BCUT2D eigenvalue weighted by molar-refractivity contribution is 6.02. The van der Waals surface area contributed by atoms with Crippen LogP contribution in [-0.2, 0) is 16.4 Å². The van der Waals surface area contributed by atoms with Crippen molar-refractivity contribution >= 4 is 17.8 Å². The van der Waals surface area contributed by atoms with Crippen LogP contribution in [0, 0.1) is 0 Å². The molecule has 3 rings (SSSR count). The molecule has 0 saturated carbocycles. The molecule has 2 aromatic heterocycles. The Morgan fingerprint density at radius 2 is 2.30 bits per heavy atom. The highest BCUT2D eigenvalue weighted by Gasteiger charge is 2.30. The van der Waals surface area contributed by atoms with Gasteiger partial charge >= 0.3 is 6.09 Å². The Morgan fingerprint density at radius 3 is 3.04 bits per heavy atom. The molecule has 10 heteroatoms. The lowest BCUT2D eigenvalue weighted by Crippen LogP contribution is -2.39. The number of aromatic nitrogens is 4. The third kappa shape index (κ3) is 4.85. The molecule has 0 unspecified atom stereocenters. The number of nitrogens with zero attached hydrogens (tertiary/aromatic N) is 3. The Hall–Kier alpha value is -2.88. The molecule has 1 aliphatic rings. The highest BCUT2D eigenvalue weighted by Crippen LogP contribution is 2.29. The molecule has 0 spiro atoms. The first-order valence-corrected chi connectivity index (χ1v) is 8.44. The minimum absolute atomic E-state index is 0.113. The summed E-state index contributed by atoms with van der Waals surface area (Å²) in [4.78, 5) is 24.3. The van der Waals surface area contributed by atoms with Crippen molar-refractivity contribution in [3.63, 3.8) is 0 Å². The fourth-order valence-electron chi connectivity index (χ4n) is 2.64. The number of alkyl carbamates (subject to hydrolysis) is 1. The minimum Gasteiger partial charge on any atom is -0.444 e. The number of hydrogen-bond acceptors (Lipinski definition) is 6. The van der Waals surface area contributed by atoms with Crippen LogP contribution in [-0.4, -0.2) is 50.2 Å². The molecule has 1 aliphatic heterocycles. The van der Waals surface area contributed by atoms with Crippen LogP contribution in [0.2, 0.25) is 0 Å². The van der Waals surface area contributed by atoms with Gasteiger partial charge in [-0.15, -0.1) is 0 Å². The zero-order valence-electron chi connectivity index (χ0n) is 18.3. The predicted molar refractivity (Wildman–Crippen MR) is 96.2 cm³/mol. The van der Waals surface area contributed by atoms with Gasteiger partial charge in [0.25, 0.3) is 5.91 Å². The van der Waals surface area contributed by atoms with Gasteiger partial charge in [-0.2, -0.15) is 10.2 Å². The van der Waals surface area contributed by atoms with Crippen molar-refractivity contribution in [3.05, 3.63) is 29.7 Å². The topological polar surface area (TPSA) is 123 Å². The number of carbonyl (C=O) groups is 2. The van der Waals surface area contributed by atoms with Gasteiger partial charge < -0.3 is 20.1 Å². The van der Waals surface area contributed by atoms with E-state index in [1.54, 1.807) is 26.8 Å². The maximum Gasteiger partial charge on any atom is 0.407 e. The fraction of sp³-hybridized carbons (Fsp3) is 0.529. The summed E-state index contributed by atoms with van der Waals surface area (Å²) in [5.74, 6) is -0.445. The minimum atomic E-state index is -2.57. The number of anilines is 1. The molecule has 2 aromatic rings. The highest BCUT2D eigenvalue weighted by atomic mass is 16.6. The standard InChI is InChI=1S/C17H24N6O4/c1-17(2,3)27-16(25)19-10-7-13(26-9-10)11-8-14(22-21-11)20-15(24)12-5-6-18-23(12)4/h5-6,8,10,13H,7,9H2,1-4H3,(H,19,25)(H2,20,21,22,24)/t10-,13-/m0/s1/i4D3. The van der Waals surface area contributed by atoms with Crippen LogP contribution in [0.25, 0.3) is 0 Å². The molecule has 2 atom stereocenters. The van der Waals surface area contributed by atoms with Crippen LogP contribution in [0.4, 0.5) is 10.6 Å². The predicted octanol–water partition coefficient (Wildman–Crippen LogP) is 1.75. The monoisotopic (exact) mass is 379 g/mol. The van der Waals surface area contributed by atoms with E-state index < -0.39 is 24.6 Å². The fourth-order valence-corrected chi connectivity index (χ4v) is 2.64. The molecule has 3 N–H and O–H groups in total. The summed E-state index contributed by atoms with van der Waals surface area (Å²) < 4.78 is 33.8. The van der Waals surface area contributed by atoms with Gasteiger partial charge in [0, 0.05) is 29.8 Å². The van der Waals surface area contributed by atoms with Crippen molar-refractivity contribution in [2.75, 3.05) is 11.9 Å². The maximum absolute atomic E-state index is 12.4. The van der Waals surface area contributed by atoms with Crippen molar-refractivity contribution in [1.82, 2.24) is 25.3 Å². The normalized spacial score (nSPS) is 21.8. The summed E-state index contributed by atoms with van der Waals surface area (Å²) in [6.45, 7) is 3.09. The lowest BCUT2D eigenvalue weighted by molar-refractivity contribution is 0.0494. The van der Waals surface area contributed by atoms with Crippen LogP contribution in [0.5, 0.6) is 0 Å². The molecule has 10 nitrogen and oxygen atoms in total. The molecule has 146 valence electrons. The second kappa shape index (κ2) is 7.39. The van der Waals surface area contributed by atoms with E-state index in [1.165, 1.54) is 12.3 Å². The summed E-state index contributed by atoms with van der Waals surface area (Å²) in [7, 11) is 0. The molecule has 1 fully saturated rings. The van der Waals surface area contributed by atoms with Crippen LogP contribution in [0.15, 0.2) is 18.3 Å². The second-order valence-corrected chi connectivity index (χ2v) is 7.19. The van der Waals surface area contributed by atoms with E-state index in [0.717, 1.165) is 0 Å². The Morgan fingerprint density at radius 1 is 1.48 bits per heavy atom. The zero-order valence-corrected chi connectivity index (χ0v) is 15.3. The molecule has 27 heavy (non-hydrogen) atoms. The largest absolute Gasteiger partial charge is 0.444 e. The average Bonchev–Trinajstić information content (AvgIpc) is 3.32. The van der Waals surface area contributed by atoms with E-state index >= 15 is 0 Å². The number of H-pyrrole nitrogens is 1. The Labute approximate surface area is 160 Å². The van der Waals surface area contributed by atoms with Crippen LogP contribution in [0.3, 0.4) is 0 Å². The van der Waals surface area contributed by atoms with Gasteiger partial charge in [0.15, 0.2) is 5.82 Å². The summed E-state index contributed by atoms with van der Waals surface area (Å²) in [6, 6.07) is 2.68. The lowest BCUT2D eigenvalue weighted by atomic mass is 10.1. The van der Waals surface area contributed by atoms with Crippen LogP contribution < -0.4 is 10.6 Å². The summed E-state index contributed by atoms with van der Waals surface area (Å²) in [6.07, 6.45) is 0.874. The molecular weight excluding hydrogens is 352 g/mol. The first kappa shape index (κ1) is 15.2. The van der Waals surface area contributed by atoms with Gasteiger partial charge in [-0.05, 0) is 26.8 Å². The van der Waals surface area contributed by atoms with Gasteiger partial charge in [0.05, 0.1) is 18.3 Å². The molecule has 1 saturated heterocycles. The van der Waals surface area contributed by atoms with Gasteiger partial charge in [-0.1, -0.05) is 0 Å². The van der Waals surface area contributed by atoms with E-state index in [1.807, 2.05) is 0 Å². The summed E-state index contributed by atoms with van der Waals surface area (Å²) in [5.41, 5.74) is -0.0876. The van der Waals surface area contributed by atoms with Gasteiger partial charge in [0.1, 0.15) is 17.4 Å². The Kier molecular flexibility index (Phi) is 4.16. The first-order valence-electron chi connectivity index (χ1n) is 9.94. The average molecular weight is 379 g/mol. The summed E-state index contributed by atoms with van der Waals surface area (Å²) in [5, 5.41) is 15.8. The smallest absolute Gasteiger partial charge is 0.407 e. The number of rotatable bonds is 4. The number of ether oxygens (including phenoxy) is 2. The van der Waals surface area contributed by atoms with Crippen LogP contribution in [0.1, 0.15) is 53.6 Å². The van der Waals surface area contributed by atoms with E-state index in [4.69, 9.17) is 13.6 Å². The first-order chi connectivity index (χ1) is 13.9. The van der Waals surface area contributed by atoms with Crippen molar-refractivity contribution in [2.45, 2.75) is 44.9 Å². The number of nitrogens with one attached hydrogen (secondary N) is 3. The molecular formula is C17H24N6O4. The molecule has 3 heterocycles. The number of carbonyl (C=O) groups excluding carboxylic acids is 2. The van der Waals surface area contributed by atoms with E-state index in [-0.39, 0.29) is 23.7 Å². The van der Waals surface area contributed by atoms with E-state index in [2.05, 4.69) is 25.9 Å². The maximum atomic E-state index is 12.4. The van der Waals surface area contributed by atoms with E-state index in [0.29, 0.717) is 23.4 Å².